The number of ether oxygens (including phenoxy) is 1. The van der Waals surface area contributed by atoms with Gasteiger partial charge in [-0.2, -0.15) is 0 Å². The molecule has 0 aliphatic rings. The number of nitrogens with one attached hydrogen (secondary N) is 1. The minimum Gasteiger partial charge on any atom is -0.444 e. The number of aryl methyl sites for hydroxylation is 1. The third kappa shape index (κ3) is 3.29. The topological polar surface area (TPSA) is 38.3 Å². The van der Waals surface area contributed by atoms with Gasteiger partial charge in [0, 0.05) is 5.39 Å². The van der Waals surface area contributed by atoms with Crippen molar-refractivity contribution >= 4 is 22.6 Å². The molecule has 0 spiro atoms. The fourth-order valence-electron chi connectivity index (χ4n) is 2.21. The number of anilines is 1. The van der Waals surface area contributed by atoms with Crippen LogP contribution in [0.2, 0.25) is 0 Å². The summed E-state index contributed by atoms with van der Waals surface area (Å²) in [6, 6.07) is 12.1. The van der Waals surface area contributed by atoms with E-state index >= 15 is 0 Å². The van der Waals surface area contributed by atoms with Crippen LogP contribution >= 0.6 is 0 Å². The van der Waals surface area contributed by atoms with E-state index in [1.54, 1.807) is 0 Å². The number of amides is 1. The first-order chi connectivity index (χ1) is 9.40. The van der Waals surface area contributed by atoms with Gasteiger partial charge < -0.3 is 4.74 Å². The van der Waals surface area contributed by atoms with Crippen molar-refractivity contribution in [1.29, 1.82) is 0 Å². The molecule has 0 aliphatic carbocycles. The van der Waals surface area contributed by atoms with Gasteiger partial charge >= 0.3 is 6.09 Å². The van der Waals surface area contributed by atoms with Crippen LogP contribution in [0.4, 0.5) is 10.5 Å². The Morgan fingerprint density at radius 2 is 1.75 bits per heavy atom. The van der Waals surface area contributed by atoms with Gasteiger partial charge in [-0.25, -0.2) is 4.79 Å². The quantitative estimate of drug-likeness (QED) is 0.856. The van der Waals surface area contributed by atoms with E-state index in [0.717, 1.165) is 17.5 Å². The van der Waals surface area contributed by atoms with E-state index in [4.69, 9.17) is 4.74 Å². The second kappa shape index (κ2) is 5.53. The summed E-state index contributed by atoms with van der Waals surface area (Å²) in [6.07, 6.45) is 0.541. The lowest BCUT2D eigenvalue weighted by Gasteiger charge is -2.20. The van der Waals surface area contributed by atoms with Gasteiger partial charge in [0.2, 0.25) is 0 Å². The Labute approximate surface area is 119 Å². The molecule has 2 aromatic carbocycles. The van der Waals surface area contributed by atoms with Crippen molar-refractivity contribution in [3.05, 3.63) is 42.0 Å². The van der Waals surface area contributed by atoms with Crippen molar-refractivity contribution < 1.29 is 9.53 Å². The molecule has 0 saturated heterocycles. The maximum atomic E-state index is 11.9. The fraction of sp³-hybridized carbons (Fsp3) is 0.353. The lowest BCUT2D eigenvalue weighted by Crippen LogP contribution is -2.27. The van der Waals surface area contributed by atoms with Gasteiger partial charge in [-0.3, -0.25) is 5.32 Å². The van der Waals surface area contributed by atoms with Gasteiger partial charge in [-0.05, 0) is 44.2 Å². The lowest BCUT2D eigenvalue weighted by atomic mass is 10.0. The Kier molecular flexibility index (Phi) is 3.98. The molecule has 0 saturated carbocycles. The Hall–Kier alpha value is -2.03. The summed E-state index contributed by atoms with van der Waals surface area (Å²) in [7, 11) is 0. The van der Waals surface area contributed by atoms with E-state index in [9.17, 15) is 4.79 Å². The molecule has 2 rings (SSSR count). The number of hydrogen-bond donors (Lipinski definition) is 1. The van der Waals surface area contributed by atoms with Gasteiger partial charge in [-0.15, -0.1) is 0 Å². The summed E-state index contributed by atoms with van der Waals surface area (Å²) in [6.45, 7) is 7.68. The van der Waals surface area contributed by atoms with E-state index in [0.29, 0.717) is 0 Å². The molecule has 3 heteroatoms. The molecule has 0 aromatic heterocycles. The molecule has 0 heterocycles. The standard InChI is InChI=1S/C17H21NO2/c1-5-12-8-6-10-14-13(12)9-7-11-15(14)18-16(19)20-17(2,3)4/h6-11H,5H2,1-4H3,(H,18,19). The molecule has 3 nitrogen and oxygen atoms in total. The molecule has 2 aromatic rings. The number of rotatable bonds is 2. The molecule has 0 bridgehead atoms. The number of hydrogen-bond acceptors (Lipinski definition) is 2. The van der Waals surface area contributed by atoms with Crippen LogP contribution in [-0.2, 0) is 11.2 Å². The number of carbonyl (C=O) groups is 1. The number of carbonyl (C=O) groups excluding carboxylic acids is 1. The molecular formula is C17H21NO2. The van der Waals surface area contributed by atoms with Crippen LogP contribution < -0.4 is 5.32 Å². The maximum absolute atomic E-state index is 11.9. The highest BCUT2D eigenvalue weighted by Crippen LogP contribution is 2.27. The van der Waals surface area contributed by atoms with Gasteiger partial charge in [0.05, 0.1) is 5.69 Å². The average Bonchev–Trinajstić information content (AvgIpc) is 2.36. The third-order valence-corrected chi connectivity index (χ3v) is 3.03. The molecule has 0 fully saturated rings. The van der Waals surface area contributed by atoms with E-state index in [1.807, 2.05) is 45.0 Å². The normalized spacial score (nSPS) is 11.4. The zero-order valence-electron chi connectivity index (χ0n) is 12.5. The molecule has 0 unspecified atom stereocenters. The minimum atomic E-state index is -0.497. The van der Waals surface area contributed by atoms with Crippen LogP contribution in [0, 0.1) is 0 Å². The maximum Gasteiger partial charge on any atom is 0.412 e. The monoisotopic (exact) mass is 271 g/mol. The molecule has 1 N–H and O–H groups in total. The first kappa shape index (κ1) is 14.4. The molecule has 0 aliphatic heterocycles. The van der Waals surface area contributed by atoms with Gasteiger partial charge in [0.1, 0.15) is 5.60 Å². The van der Waals surface area contributed by atoms with Crippen molar-refractivity contribution in [3.63, 3.8) is 0 Å². The van der Waals surface area contributed by atoms with Crippen LogP contribution in [0.5, 0.6) is 0 Å². The predicted molar refractivity (Wildman–Crippen MR) is 83.2 cm³/mol. The second-order valence-corrected chi connectivity index (χ2v) is 5.80. The Bertz CT molecular complexity index is 626. The van der Waals surface area contributed by atoms with Crippen molar-refractivity contribution in [3.8, 4) is 0 Å². The second-order valence-electron chi connectivity index (χ2n) is 5.80. The Balaban J connectivity index is 2.34. The lowest BCUT2D eigenvalue weighted by molar-refractivity contribution is 0.0636. The molecule has 20 heavy (non-hydrogen) atoms. The number of benzene rings is 2. The largest absolute Gasteiger partial charge is 0.444 e. The SMILES string of the molecule is CCc1cccc2c(NC(=O)OC(C)(C)C)cccc12. The fourth-order valence-corrected chi connectivity index (χ4v) is 2.21. The van der Waals surface area contributed by atoms with E-state index in [-0.39, 0.29) is 0 Å². The van der Waals surface area contributed by atoms with Crippen molar-refractivity contribution in [1.82, 2.24) is 0 Å². The zero-order valence-corrected chi connectivity index (χ0v) is 12.5. The molecule has 0 radical (unpaired) electrons. The summed E-state index contributed by atoms with van der Waals surface area (Å²) in [5.41, 5.74) is 1.56. The highest BCUT2D eigenvalue weighted by Gasteiger charge is 2.16. The third-order valence-electron chi connectivity index (χ3n) is 3.03. The van der Waals surface area contributed by atoms with Crippen molar-refractivity contribution in [2.75, 3.05) is 5.32 Å². The highest BCUT2D eigenvalue weighted by atomic mass is 16.6. The molecule has 0 atom stereocenters. The van der Waals surface area contributed by atoms with Crippen molar-refractivity contribution in [2.45, 2.75) is 39.7 Å². The predicted octanol–water partition coefficient (Wildman–Crippen LogP) is 4.75. The summed E-state index contributed by atoms with van der Waals surface area (Å²) in [5.74, 6) is 0. The Morgan fingerprint density at radius 1 is 1.10 bits per heavy atom. The molecule has 106 valence electrons. The summed E-state index contributed by atoms with van der Waals surface area (Å²) in [5, 5.41) is 5.04. The molecule has 1 amide bonds. The van der Waals surface area contributed by atoms with E-state index in [2.05, 4.69) is 24.4 Å². The summed E-state index contributed by atoms with van der Waals surface area (Å²) < 4.78 is 5.30. The average molecular weight is 271 g/mol. The van der Waals surface area contributed by atoms with Crippen molar-refractivity contribution in [2.24, 2.45) is 0 Å². The molecular weight excluding hydrogens is 250 g/mol. The van der Waals surface area contributed by atoms with Gasteiger partial charge in [0.25, 0.3) is 0 Å². The summed E-state index contributed by atoms with van der Waals surface area (Å²) in [4.78, 5) is 11.9. The van der Waals surface area contributed by atoms with Crippen LogP contribution in [0.1, 0.15) is 33.3 Å². The smallest absolute Gasteiger partial charge is 0.412 e. The summed E-state index contributed by atoms with van der Waals surface area (Å²) >= 11 is 0. The number of fused-ring (bicyclic) bond motifs is 1. The van der Waals surface area contributed by atoms with E-state index in [1.165, 1.54) is 10.9 Å². The van der Waals surface area contributed by atoms with Gasteiger partial charge in [0.15, 0.2) is 0 Å². The van der Waals surface area contributed by atoms with Crippen LogP contribution in [0.3, 0.4) is 0 Å². The first-order valence-electron chi connectivity index (χ1n) is 6.91. The minimum absolute atomic E-state index is 0.424. The zero-order chi connectivity index (χ0) is 14.8. The van der Waals surface area contributed by atoms with Crippen LogP contribution in [0.25, 0.3) is 10.8 Å². The highest BCUT2D eigenvalue weighted by molar-refractivity contribution is 6.01. The van der Waals surface area contributed by atoms with Gasteiger partial charge in [-0.1, -0.05) is 37.3 Å². The first-order valence-corrected chi connectivity index (χ1v) is 6.91. The van der Waals surface area contributed by atoms with E-state index < -0.39 is 11.7 Å². The van der Waals surface area contributed by atoms with Crippen LogP contribution in [-0.4, -0.2) is 11.7 Å². The Morgan fingerprint density at radius 3 is 2.40 bits per heavy atom. The van der Waals surface area contributed by atoms with Crippen LogP contribution in [0.15, 0.2) is 36.4 Å².